The van der Waals surface area contributed by atoms with E-state index < -0.39 is 0 Å². The minimum atomic E-state index is -0.163. The van der Waals surface area contributed by atoms with E-state index in [1.807, 2.05) is 0 Å². The van der Waals surface area contributed by atoms with E-state index in [1.165, 1.54) is 38.5 Å². The lowest BCUT2D eigenvalue weighted by atomic mass is 9.88. The number of hydrogen-bond donors (Lipinski definition) is 0. The van der Waals surface area contributed by atoms with Crippen molar-refractivity contribution in [3.63, 3.8) is 0 Å². The van der Waals surface area contributed by atoms with E-state index in [-0.39, 0.29) is 11.2 Å². The number of carbonyl (C=O) groups excluding carboxylic acids is 1. The highest BCUT2D eigenvalue weighted by Crippen LogP contribution is 2.27. The molecule has 0 aliphatic heterocycles. The number of rotatable bonds is 9. The van der Waals surface area contributed by atoms with Crippen molar-refractivity contribution in [3.05, 3.63) is 0 Å². The second-order valence-corrected chi connectivity index (χ2v) is 5.79. The van der Waals surface area contributed by atoms with Crippen molar-refractivity contribution in [2.24, 2.45) is 5.92 Å². The third kappa shape index (κ3) is 6.75. The van der Waals surface area contributed by atoms with Crippen LogP contribution in [0.5, 0.6) is 0 Å². The van der Waals surface area contributed by atoms with Crippen LogP contribution in [0, 0.1) is 5.92 Å². The predicted molar refractivity (Wildman–Crippen MR) is 75.9 cm³/mol. The van der Waals surface area contributed by atoms with E-state index >= 15 is 0 Å². The SMILES string of the molecule is CCCCCCCCOC1CCC(C(=O)Cl)CC1. The Balaban J connectivity index is 1.93. The van der Waals surface area contributed by atoms with E-state index in [0.717, 1.165) is 32.3 Å². The van der Waals surface area contributed by atoms with Crippen molar-refractivity contribution in [2.45, 2.75) is 77.2 Å². The largest absolute Gasteiger partial charge is 0.378 e. The van der Waals surface area contributed by atoms with Gasteiger partial charge in [0.1, 0.15) is 0 Å². The lowest BCUT2D eigenvalue weighted by Gasteiger charge is -2.26. The van der Waals surface area contributed by atoms with E-state index in [4.69, 9.17) is 16.3 Å². The first-order chi connectivity index (χ1) is 8.74. The maximum absolute atomic E-state index is 11.0. The van der Waals surface area contributed by atoms with Crippen LogP contribution >= 0.6 is 11.6 Å². The summed E-state index contributed by atoms with van der Waals surface area (Å²) < 4.78 is 5.86. The first-order valence-electron chi connectivity index (χ1n) is 7.55. The number of halogens is 1. The van der Waals surface area contributed by atoms with Gasteiger partial charge in [0.25, 0.3) is 0 Å². The molecule has 106 valence electrons. The molecule has 0 spiro atoms. The van der Waals surface area contributed by atoms with Crippen molar-refractivity contribution in [3.8, 4) is 0 Å². The van der Waals surface area contributed by atoms with E-state index in [9.17, 15) is 4.79 Å². The van der Waals surface area contributed by atoms with Crippen molar-refractivity contribution in [1.29, 1.82) is 0 Å². The molecular formula is C15H27ClO2. The van der Waals surface area contributed by atoms with Gasteiger partial charge in [-0.2, -0.15) is 0 Å². The summed E-state index contributed by atoms with van der Waals surface area (Å²) in [7, 11) is 0. The second-order valence-electron chi connectivity index (χ2n) is 5.42. The highest BCUT2D eigenvalue weighted by atomic mass is 35.5. The van der Waals surface area contributed by atoms with Gasteiger partial charge in [-0.3, -0.25) is 4.79 Å². The van der Waals surface area contributed by atoms with Crippen LogP contribution in [-0.4, -0.2) is 18.0 Å². The van der Waals surface area contributed by atoms with Gasteiger partial charge in [-0.05, 0) is 43.7 Å². The maximum Gasteiger partial charge on any atom is 0.224 e. The van der Waals surface area contributed by atoms with E-state index in [2.05, 4.69) is 6.92 Å². The third-order valence-corrected chi connectivity index (χ3v) is 4.16. The van der Waals surface area contributed by atoms with Crippen LogP contribution < -0.4 is 0 Å². The van der Waals surface area contributed by atoms with Crippen LogP contribution in [0.25, 0.3) is 0 Å². The average Bonchev–Trinajstić information content (AvgIpc) is 2.38. The second kappa shape index (κ2) is 9.80. The van der Waals surface area contributed by atoms with Crippen molar-refractivity contribution < 1.29 is 9.53 Å². The smallest absolute Gasteiger partial charge is 0.224 e. The Hall–Kier alpha value is -0.0800. The van der Waals surface area contributed by atoms with Gasteiger partial charge in [0.2, 0.25) is 5.24 Å². The Labute approximate surface area is 116 Å². The molecule has 18 heavy (non-hydrogen) atoms. The minimum Gasteiger partial charge on any atom is -0.378 e. The van der Waals surface area contributed by atoms with Crippen LogP contribution in [0.15, 0.2) is 0 Å². The minimum absolute atomic E-state index is 0.0839. The molecule has 0 N–H and O–H groups in total. The molecule has 0 atom stereocenters. The predicted octanol–water partition coefficient (Wildman–Crippen LogP) is 4.69. The maximum atomic E-state index is 11.0. The molecule has 0 radical (unpaired) electrons. The van der Waals surface area contributed by atoms with Gasteiger partial charge < -0.3 is 4.74 Å². The molecule has 3 heteroatoms. The van der Waals surface area contributed by atoms with Crippen LogP contribution in [0.2, 0.25) is 0 Å². The molecule has 1 aliphatic carbocycles. The molecular weight excluding hydrogens is 248 g/mol. The Kier molecular flexibility index (Phi) is 8.70. The number of carbonyl (C=O) groups is 1. The van der Waals surface area contributed by atoms with E-state index in [1.54, 1.807) is 0 Å². The van der Waals surface area contributed by atoms with Gasteiger partial charge in [-0.25, -0.2) is 0 Å². The van der Waals surface area contributed by atoms with Gasteiger partial charge in [0.05, 0.1) is 6.10 Å². The molecule has 1 saturated carbocycles. The zero-order chi connectivity index (χ0) is 13.2. The van der Waals surface area contributed by atoms with Crippen LogP contribution in [-0.2, 0) is 9.53 Å². The van der Waals surface area contributed by atoms with Gasteiger partial charge >= 0.3 is 0 Å². The topological polar surface area (TPSA) is 26.3 Å². The molecule has 0 saturated heterocycles. The van der Waals surface area contributed by atoms with E-state index in [0.29, 0.717) is 6.10 Å². The summed E-state index contributed by atoms with van der Waals surface area (Å²) in [5.41, 5.74) is 0. The summed E-state index contributed by atoms with van der Waals surface area (Å²) in [6.07, 6.45) is 12.0. The fraction of sp³-hybridized carbons (Fsp3) is 0.933. The zero-order valence-electron chi connectivity index (χ0n) is 11.6. The molecule has 1 fully saturated rings. The summed E-state index contributed by atoms with van der Waals surface area (Å²) in [6, 6.07) is 0. The molecule has 1 rings (SSSR count). The van der Waals surface area contributed by atoms with Gasteiger partial charge in [-0.15, -0.1) is 0 Å². The highest BCUT2D eigenvalue weighted by Gasteiger charge is 2.25. The summed E-state index contributed by atoms with van der Waals surface area (Å²) in [5.74, 6) is 0.0839. The molecule has 0 aromatic heterocycles. The fourth-order valence-corrected chi connectivity index (χ4v) is 2.81. The quantitative estimate of drug-likeness (QED) is 0.450. The van der Waals surface area contributed by atoms with Crippen molar-refractivity contribution in [2.75, 3.05) is 6.61 Å². The molecule has 0 aromatic carbocycles. The van der Waals surface area contributed by atoms with Crippen LogP contribution in [0.3, 0.4) is 0 Å². The molecule has 2 nitrogen and oxygen atoms in total. The Bertz CT molecular complexity index is 223. The molecule has 0 bridgehead atoms. The molecule has 0 unspecified atom stereocenters. The summed E-state index contributed by atoms with van der Waals surface area (Å²) in [5, 5.41) is -0.163. The highest BCUT2D eigenvalue weighted by molar-refractivity contribution is 6.63. The monoisotopic (exact) mass is 274 g/mol. The zero-order valence-corrected chi connectivity index (χ0v) is 12.4. The summed E-state index contributed by atoms with van der Waals surface area (Å²) in [4.78, 5) is 11.0. The molecule has 1 aliphatic rings. The Morgan fingerprint density at radius 3 is 2.28 bits per heavy atom. The van der Waals surface area contributed by atoms with Crippen molar-refractivity contribution in [1.82, 2.24) is 0 Å². The van der Waals surface area contributed by atoms with Crippen molar-refractivity contribution >= 4 is 16.8 Å². The lowest BCUT2D eigenvalue weighted by molar-refractivity contribution is -0.117. The number of unbranched alkanes of at least 4 members (excludes halogenated alkanes) is 5. The van der Waals surface area contributed by atoms with Gasteiger partial charge in [-0.1, -0.05) is 39.0 Å². The number of hydrogen-bond acceptors (Lipinski definition) is 2. The Morgan fingerprint density at radius 1 is 1.06 bits per heavy atom. The summed E-state index contributed by atoms with van der Waals surface area (Å²) in [6.45, 7) is 3.13. The molecule has 0 heterocycles. The lowest BCUT2D eigenvalue weighted by Crippen LogP contribution is -2.24. The van der Waals surface area contributed by atoms with Crippen LogP contribution in [0.1, 0.15) is 71.1 Å². The normalized spacial score (nSPS) is 24.1. The third-order valence-electron chi connectivity index (χ3n) is 3.85. The first kappa shape index (κ1) is 16.0. The fourth-order valence-electron chi connectivity index (χ4n) is 2.59. The molecule has 0 aromatic rings. The van der Waals surface area contributed by atoms with Crippen LogP contribution in [0.4, 0.5) is 0 Å². The first-order valence-corrected chi connectivity index (χ1v) is 7.92. The molecule has 0 amide bonds. The number of ether oxygens (including phenoxy) is 1. The Morgan fingerprint density at radius 2 is 1.67 bits per heavy atom. The standard InChI is InChI=1S/C15H27ClO2/c1-2-3-4-5-6-7-12-18-14-10-8-13(9-11-14)15(16)17/h13-14H,2-12H2,1H3. The van der Waals surface area contributed by atoms with Gasteiger partial charge in [0.15, 0.2) is 0 Å². The van der Waals surface area contributed by atoms with Gasteiger partial charge in [0, 0.05) is 12.5 Å². The average molecular weight is 275 g/mol. The summed E-state index contributed by atoms with van der Waals surface area (Å²) >= 11 is 5.51.